The largest absolute Gasteiger partial charge is 0.486 e. The Kier molecular flexibility index (Phi) is 4.80. The number of hydrogen-bond donors (Lipinski definition) is 1. The highest BCUT2D eigenvalue weighted by molar-refractivity contribution is 6.42. The Labute approximate surface area is 148 Å². The van der Waals surface area contributed by atoms with Gasteiger partial charge < -0.3 is 9.47 Å². The lowest BCUT2D eigenvalue weighted by Gasteiger charge is -2.18. The lowest BCUT2D eigenvalue weighted by Crippen LogP contribution is -2.15. The molecule has 0 saturated heterocycles. The zero-order valence-corrected chi connectivity index (χ0v) is 14.3. The summed E-state index contributed by atoms with van der Waals surface area (Å²) in [6.45, 7) is 2.94. The highest BCUT2D eigenvalue weighted by atomic mass is 35.5. The summed E-state index contributed by atoms with van der Waals surface area (Å²) in [5.74, 6) is 1.77. The first-order valence-electron chi connectivity index (χ1n) is 6.76. The lowest BCUT2D eigenvalue weighted by molar-refractivity contribution is 0.171. The van der Waals surface area contributed by atoms with Crippen molar-refractivity contribution in [1.29, 1.82) is 0 Å². The van der Waals surface area contributed by atoms with Gasteiger partial charge in [0.05, 0.1) is 15.8 Å². The van der Waals surface area contributed by atoms with Crippen molar-refractivity contribution in [2.45, 2.75) is 6.92 Å². The van der Waals surface area contributed by atoms with Crippen molar-refractivity contribution in [2.75, 3.05) is 18.6 Å². The topological polar surface area (TPSA) is 55.7 Å². The highest BCUT2D eigenvalue weighted by Gasteiger charge is 2.13. The first-order valence-corrected chi connectivity index (χ1v) is 7.90. The molecule has 8 heteroatoms. The van der Waals surface area contributed by atoms with Crippen molar-refractivity contribution in [3.63, 3.8) is 0 Å². The molecule has 1 aromatic heterocycles. The molecule has 1 N–H and O–H groups in total. The van der Waals surface area contributed by atoms with Gasteiger partial charge in [0, 0.05) is 5.56 Å². The molecule has 0 saturated carbocycles. The number of rotatable bonds is 3. The molecule has 1 aliphatic heterocycles. The second kappa shape index (κ2) is 6.83. The summed E-state index contributed by atoms with van der Waals surface area (Å²) in [6, 6.07) is 7.14. The first kappa shape index (κ1) is 16.2. The Balaban J connectivity index is 1.81. The summed E-state index contributed by atoms with van der Waals surface area (Å²) in [5.41, 5.74) is 4.40. The predicted octanol–water partition coefficient (Wildman–Crippen LogP) is 4.65. The third kappa shape index (κ3) is 3.63. The van der Waals surface area contributed by atoms with E-state index < -0.39 is 0 Å². The number of benzene rings is 1. The lowest BCUT2D eigenvalue weighted by atomic mass is 10.1. The molecule has 0 atom stereocenters. The number of aromatic nitrogens is 1. The summed E-state index contributed by atoms with van der Waals surface area (Å²) in [6.07, 6.45) is 0. The molecular weight excluding hydrogens is 361 g/mol. The minimum atomic E-state index is 0.158. The summed E-state index contributed by atoms with van der Waals surface area (Å²) in [4.78, 5) is 4.05. The molecule has 0 spiro atoms. The second-order valence-electron chi connectivity index (χ2n) is 4.76. The van der Waals surface area contributed by atoms with Crippen LogP contribution in [0.25, 0.3) is 0 Å². The maximum absolute atomic E-state index is 6.05. The zero-order valence-electron chi connectivity index (χ0n) is 12.1. The van der Waals surface area contributed by atoms with Crippen LogP contribution in [0.1, 0.15) is 12.5 Å². The standard InChI is InChI=1S/C15H12Cl3N3O2/c1-8(9-2-3-12-13(6-9)23-5-4-22-12)20-21-15-11(17)7-10(16)14(18)19-15/h2-3,6-7H,4-5H2,1H3,(H,19,21). The number of halogens is 3. The third-order valence-corrected chi connectivity index (χ3v) is 4.14. The maximum atomic E-state index is 6.05. The average Bonchev–Trinajstić information content (AvgIpc) is 2.56. The Morgan fingerprint density at radius 3 is 2.61 bits per heavy atom. The van der Waals surface area contributed by atoms with Crippen LogP contribution in [0.15, 0.2) is 29.4 Å². The molecule has 0 bridgehead atoms. The molecule has 1 aliphatic rings. The number of nitrogens with one attached hydrogen (secondary N) is 1. The first-order chi connectivity index (χ1) is 11.0. The molecule has 0 radical (unpaired) electrons. The van der Waals surface area contributed by atoms with E-state index in [-0.39, 0.29) is 10.2 Å². The van der Waals surface area contributed by atoms with Crippen LogP contribution in [0, 0.1) is 0 Å². The maximum Gasteiger partial charge on any atom is 0.166 e. The van der Waals surface area contributed by atoms with E-state index in [0.29, 0.717) is 29.8 Å². The molecule has 0 aliphatic carbocycles. The Hall–Kier alpha value is -1.69. The number of anilines is 1. The number of fused-ring (bicyclic) bond motifs is 1. The van der Waals surface area contributed by atoms with Gasteiger partial charge in [-0.3, -0.25) is 5.43 Å². The van der Waals surface area contributed by atoms with Crippen LogP contribution in [0.3, 0.4) is 0 Å². The van der Waals surface area contributed by atoms with Gasteiger partial charge in [0.25, 0.3) is 0 Å². The van der Waals surface area contributed by atoms with Crippen LogP contribution < -0.4 is 14.9 Å². The number of hydrogen-bond acceptors (Lipinski definition) is 5. The van der Waals surface area contributed by atoms with Crippen LogP contribution in [-0.4, -0.2) is 23.9 Å². The number of pyridine rings is 1. The summed E-state index contributed by atoms with van der Waals surface area (Å²) in [5, 5.41) is 5.04. The van der Waals surface area contributed by atoms with E-state index in [2.05, 4.69) is 15.5 Å². The van der Waals surface area contributed by atoms with Crippen molar-refractivity contribution < 1.29 is 9.47 Å². The predicted molar refractivity (Wildman–Crippen MR) is 92.5 cm³/mol. The van der Waals surface area contributed by atoms with Crippen LogP contribution in [0.5, 0.6) is 11.5 Å². The zero-order chi connectivity index (χ0) is 16.4. The quantitative estimate of drug-likeness (QED) is 0.484. The fourth-order valence-corrected chi connectivity index (χ4v) is 2.53. The minimum Gasteiger partial charge on any atom is -0.486 e. The van der Waals surface area contributed by atoms with Gasteiger partial charge in [0.2, 0.25) is 0 Å². The van der Waals surface area contributed by atoms with E-state index in [0.717, 1.165) is 17.0 Å². The number of hydrazone groups is 1. The van der Waals surface area contributed by atoms with Crippen molar-refractivity contribution in [2.24, 2.45) is 5.10 Å². The van der Waals surface area contributed by atoms with Gasteiger partial charge in [-0.25, -0.2) is 4.98 Å². The summed E-state index contributed by atoms with van der Waals surface area (Å²) >= 11 is 17.8. The van der Waals surface area contributed by atoms with Crippen molar-refractivity contribution >= 4 is 46.3 Å². The molecule has 1 aromatic carbocycles. The average molecular weight is 373 g/mol. The summed E-state index contributed by atoms with van der Waals surface area (Å²) < 4.78 is 11.1. The molecule has 0 amide bonds. The Morgan fingerprint density at radius 1 is 1.09 bits per heavy atom. The molecule has 120 valence electrons. The molecule has 3 rings (SSSR count). The summed E-state index contributed by atoms with van der Waals surface area (Å²) in [7, 11) is 0. The molecule has 2 aromatic rings. The monoisotopic (exact) mass is 371 g/mol. The van der Waals surface area contributed by atoms with E-state index in [9.17, 15) is 0 Å². The van der Waals surface area contributed by atoms with E-state index >= 15 is 0 Å². The number of nitrogens with zero attached hydrogens (tertiary/aromatic N) is 2. The van der Waals surface area contributed by atoms with E-state index in [1.807, 2.05) is 25.1 Å². The van der Waals surface area contributed by atoms with Gasteiger partial charge in [-0.1, -0.05) is 34.8 Å². The highest BCUT2D eigenvalue weighted by Crippen LogP contribution is 2.31. The molecule has 23 heavy (non-hydrogen) atoms. The molecule has 0 fully saturated rings. The van der Waals surface area contributed by atoms with Gasteiger partial charge in [0.15, 0.2) is 17.3 Å². The molecule has 0 unspecified atom stereocenters. The number of ether oxygens (including phenoxy) is 2. The molecule has 5 nitrogen and oxygen atoms in total. The SMILES string of the molecule is CC(=NNc1nc(Cl)c(Cl)cc1Cl)c1ccc2c(c1)OCCO2. The Bertz CT molecular complexity index is 781. The van der Waals surface area contributed by atoms with Gasteiger partial charge in [0.1, 0.15) is 18.4 Å². The van der Waals surface area contributed by atoms with Gasteiger partial charge in [-0.2, -0.15) is 5.10 Å². The fraction of sp³-hybridized carbons (Fsp3) is 0.200. The molecular formula is C15H12Cl3N3O2. The van der Waals surface area contributed by atoms with Crippen LogP contribution in [0.4, 0.5) is 5.82 Å². The van der Waals surface area contributed by atoms with Crippen molar-refractivity contribution in [1.82, 2.24) is 4.98 Å². The van der Waals surface area contributed by atoms with Crippen LogP contribution in [0.2, 0.25) is 15.2 Å². The normalized spacial score (nSPS) is 13.8. The minimum absolute atomic E-state index is 0.158. The van der Waals surface area contributed by atoms with Gasteiger partial charge >= 0.3 is 0 Å². The Morgan fingerprint density at radius 2 is 1.83 bits per heavy atom. The smallest absolute Gasteiger partial charge is 0.166 e. The fourth-order valence-electron chi connectivity index (χ4n) is 1.99. The van der Waals surface area contributed by atoms with Crippen molar-refractivity contribution in [3.05, 3.63) is 45.0 Å². The molecule has 2 heterocycles. The van der Waals surface area contributed by atoms with E-state index in [1.165, 1.54) is 6.07 Å². The second-order valence-corrected chi connectivity index (χ2v) is 5.93. The van der Waals surface area contributed by atoms with Crippen molar-refractivity contribution in [3.8, 4) is 11.5 Å². The van der Waals surface area contributed by atoms with Gasteiger partial charge in [-0.15, -0.1) is 0 Å². The van der Waals surface area contributed by atoms with Crippen LogP contribution in [-0.2, 0) is 0 Å². The van der Waals surface area contributed by atoms with Gasteiger partial charge in [-0.05, 0) is 31.2 Å². The van der Waals surface area contributed by atoms with E-state index in [4.69, 9.17) is 44.3 Å². The van der Waals surface area contributed by atoms with E-state index in [1.54, 1.807) is 0 Å². The third-order valence-electron chi connectivity index (χ3n) is 3.18. The van der Waals surface area contributed by atoms with Crippen LogP contribution >= 0.6 is 34.8 Å².